The minimum absolute atomic E-state index is 0. The number of hydrogen-bond donors (Lipinski definition) is 4. The molecule has 0 aliphatic rings. The van der Waals surface area contributed by atoms with E-state index in [9.17, 15) is 14.4 Å². The number of rotatable bonds is 6. The van der Waals surface area contributed by atoms with E-state index in [0.717, 1.165) is 0 Å². The molecule has 76 valence electrons. The second kappa shape index (κ2) is 7.74. The van der Waals surface area contributed by atoms with Gasteiger partial charge in [-0.05, 0) is 0 Å². The fourth-order valence-electron chi connectivity index (χ4n) is 0.632. The van der Waals surface area contributed by atoms with Crippen molar-refractivity contribution in [3.05, 3.63) is 0 Å². The van der Waals surface area contributed by atoms with E-state index >= 15 is 0 Å². The van der Waals surface area contributed by atoms with Gasteiger partial charge in [-0.3, -0.25) is 19.7 Å². The molecule has 1 atom stereocenters. The number of hydrogen-bond acceptors (Lipinski definition) is 4. The van der Waals surface area contributed by atoms with Crippen molar-refractivity contribution in [1.29, 1.82) is 0 Å². The predicted octanol–water partition coefficient (Wildman–Crippen LogP) is -2.06. The topological polar surface area (TPSA) is 124 Å². The summed E-state index contributed by atoms with van der Waals surface area (Å²) in [7, 11) is 0. The zero-order valence-electron chi connectivity index (χ0n) is 6.56. The van der Waals surface area contributed by atoms with Crippen LogP contribution in [0.25, 0.3) is 0 Å². The van der Waals surface area contributed by atoms with E-state index in [4.69, 9.17) is 15.3 Å². The van der Waals surface area contributed by atoms with Crippen LogP contribution in [0.4, 0.5) is 0 Å². The second-order valence-electron chi connectivity index (χ2n) is 2.26. The molecule has 0 amide bonds. The van der Waals surface area contributed by atoms with Crippen LogP contribution in [0.5, 0.6) is 0 Å². The number of carbonyl (C=O) groups is 3. The third-order valence-electron chi connectivity index (χ3n) is 1.18. The van der Waals surface area contributed by atoms with Crippen LogP contribution in [-0.2, 0) is 14.4 Å². The van der Waals surface area contributed by atoms with Crippen molar-refractivity contribution < 1.29 is 29.7 Å². The van der Waals surface area contributed by atoms with E-state index in [-0.39, 0.29) is 29.6 Å². The normalized spacial score (nSPS) is 11.1. The summed E-state index contributed by atoms with van der Waals surface area (Å²) < 4.78 is 0. The van der Waals surface area contributed by atoms with E-state index in [1.807, 2.05) is 0 Å². The molecule has 7 nitrogen and oxygen atoms in total. The summed E-state index contributed by atoms with van der Waals surface area (Å²) in [5.41, 5.74) is 0. The summed E-state index contributed by atoms with van der Waals surface area (Å²) in [5.74, 6) is -3.93. The molecular formula is C6H10NNaO6. The molecule has 0 saturated heterocycles. The Hall–Kier alpha value is -0.630. The van der Waals surface area contributed by atoms with Gasteiger partial charge < -0.3 is 15.3 Å². The Kier molecular flexibility index (Phi) is 8.75. The van der Waals surface area contributed by atoms with Gasteiger partial charge in [-0.1, -0.05) is 0 Å². The average molecular weight is 215 g/mol. The van der Waals surface area contributed by atoms with E-state index in [2.05, 4.69) is 5.32 Å². The Labute approximate surface area is 101 Å². The first-order valence-corrected chi connectivity index (χ1v) is 3.33. The molecule has 0 unspecified atom stereocenters. The van der Waals surface area contributed by atoms with Gasteiger partial charge in [0, 0.05) is 0 Å². The van der Waals surface area contributed by atoms with Crippen molar-refractivity contribution in [2.45, 2.75) is 12.5 Å². The quantitative estimate of drug-likeness (QED) is 0.375. The average Bonchev–Trinajstić information content (AvgIpc) is 1.96. The summed E-state index contributed by atoms with van der Waals surface area (Å²) in [6.45, 7) is -0.579. The first kappa shape index (κ1) is 15.8. The standard InChI is InChI=1S/C6H9NO6.Na.H/c8-4(9)1-3(6(12)13)7-2-5(10)11;;/h3,7H,1-2H2,(H,8,9)(H,10,11)(H,12,13);;/t3-;;/m0../s1. The Morgan fingerprint density at radius 1 is 1.07 bits per heavy atom. The van der Waals surface area contributed by atoms with Gasteiger partial charge in [0.1, 0.15) is 6.04 Å². The third-order valence-corrected chi connectivity index (χ3v) is 1.18. The first-order chi connectivity index (χ1) is 5.93. The van der Waals surface area contributed by atoms with Crippen molar-refractivity contribution in [1.82, 2.24) is 5.32 Å². The molecular weight excluding hydrogens is 205 g/mol. The summed E-state index contributed by atoms with van der Waals surface area (Å²) >= 11 is 0. The Balaban J connectivity index is 0. The molecule has 0 heterocycles. The monoisotopic (exact) mass is 215 g/mol. The van der Waals surface area contributed by atoms with Gasteiger partial charge in [0.15, 0.2) is 0 Å². The van der Waals surface area contributed by atoms with Crippen molar-refractivity contribution in [2.24, 2.45) is 0 Å². The van der Waals surface area contributed by atoms with Crippen molar-refractivity contribution in [3.8, 4) is 0 Å². The number of nitrogens with one attached hydrogen (secondary N) is 1. The number of aliphatic carboxylic acids is 3. The number of carboxylic acids is 3. The van der Waals surface area contributed by atoms with Gasteiger partial charge >= 0.3 is 47.5 Å². The molecule has 0 aliphatic heterocycles. The third kappa shape index (κ3) is 7.99. The van der Waals surface area contributed by atoms with Crippen molar-refractivity contribution in [3.63, 3.8) is 0 Å². The van der Waals surface area contributed by atoms with Gasteiger partial charge in [0.25, 0.3) is 0 Å². The van der Waals surface area contributed by atoms with Crippen LogP contribution in [0.1, 0.15) is 6.42 Å². The van der Waals surface area contributed by atoms with Gasteiger partial charge in [-0.2, -0.15) is 0 Å². The Morgan fingerprint density at radius 3 is 1.86 bits per heavy atom. The predicted molar refractivity (Wildman–Crippen MR) is 46.5 cm³/mol. The van der Waals surface area contributed by atoms with Crippen LogP contribution in [0.2, 0.25) is 0 Å². The van der Waals surface area contributed by atoms with Crippen LogP contribution < -0.4 is 5.32 Å². The summed E-state index contributed by atoms with van der Waals surface area (Å²) in [5, 5.41) is 26.9. The number of carboxylic acid groups (broad SMARTS) is 3. The molecule has 0 aliphatic carbocycles. The zero-order chi connectivity index (χ0) is 10.4. The van der Waals surface area contributed by atoms with Gasteiger partial charge in [0.05, 0.1) is 13.0 Å². The molecule has 0 spiro atoms. The molecule has 0 fully saturated rings. The zero-order valence-corrected chi connectivity index (χ0v) is 6.56. The van der Waals surface area contributed by atoms with Gasteiger partial charge in [0.2, 0.25) is 0 Å². The fraction of sp³-hybridized carbons (Fsp3) is 0.500. The van der Waals surface area contributed by atoms with E-state index in [1.165, 1.54) is 0 Å². The van der Waals surface area contributed by atoms with Crippen LogP contribution in [0.15, 0.2) is 0 Å². The summed E-state index contributed by atoms with van der Waals surface area (Å²) in [6.07, 6.45) is -0.650. The minimum atomic E-state index is -1.39. The van der Waals surface area contributed by atoms with Crippen LogP contribution >= 0.6 is 0 Å². The maximum atomic E-state index is 10.3. The van der Waals surface area contributed by atoms with Crippen LogP contribution in [-0.4, -0.2) is 75.4 Å². The molecule has 0 aromatic heterocycles. The van der Waals surface area contributed by atoms with Gasteiger partial charge in [-0.15, -0.1) is 0 Å². The molecule has 0 bridgehead atoms. The SMILES string of the molecule is O=C(O)CN[C@@H](CC(=O)O)C(=O)O.[NaH]. The molecule has 0 radical (unpaired) electrons. The van der Waals surface area contributed by atoms with Crippen molar-refractivity contribution in [2.75, 3.05) is 6.54 Å². The molecule has 0 aromatic carbocycles. The fourth-order valence-corrected chi connectivity index (χ4v) is 0.632. The summed E-state index contributed by atoms with van der Waals surface area (Å²) in [6, 6.07) is -1.37. The van der Waals surface area contributed by atoms with Crippen LogP contribution in [0, 0.1) is 0 Å². The Morgan fingerprint density at radius 2 is 1.57 bits per heavy atom. The van der Waals surface area contributed by atoms with E-state index < -0.39 is 36.9 Å². The van der Waals surface area contributed by atoms with Crippen molar-refractivity contribution >= 4 is 47.5 Å². The molecule has 0 saturated carbocycles. The first-order valence-electron chi connectivity index (χ1n) is 3.33. The summed E-state index contributed by atoms with van der Waals surface area (Å²) in [4.78, 5) is 30.4. The maximum absolute atomic E-state index is 10.3. The van der Waals surface area contributed by atoms with E-state index in [0.29, 0.717) is 0 Å². The Bertz CT molecular complexity index is 230. The molecule has 8 heteroatoms. The molecule has 0 rings (SSSR count). The molecule has 14 heavy (non-hydrogen) atoms. The molecule has 4 N–H and O–H groups in total. The molecule has 0 aromatic rings. The van der Waals surface area contributed by atoms with Crippen LogP contribution in [0.3, 0.4) is 0 Å². The van der Waals surface area contributed by atoms with Gasteiger partial charge in [-0.25, -0.2) is 0 Å². The second-order valence-corrected chi connectivity index (χ2v) is 2.26. The van der Waals surface area contributed by atoms with E-state index in [1.54, 1.807) is 0 Å².